The maximum Gasteiger partial charge on any atom is 0.138 e. The Balaban J connectivity index is 2.03. The zero-order valence-corrected chi connectivity index (χ0v) is 11.2. The van der Waals surface area contributed by atoms with Gasteiger partial charge in [0.05, 0.1) is 5.39 Å². The van der Waals surface area contributed by atoms with Crippen molar-refractivity contribution in [2.45, 2.75) is 6.42 Å². The number of hydrogen-bond acceptors (Lipinski definition) is 4. The Morgan fingerprint density at radius 1 is 1.21 bits per heavy atom. The van der Waals surface area contributed by atoms with Gasteiger partial charge in [-0.2, -0.15) is 0 Å². The molecule has 0 saturated heterocycles. The Morgan fingerprint density at radius 3 is 2.84 bits per heavy atom. The number of rotatable bonds is 3. The Hall–Kier alpha value is -2.01. The van der Waals surface area contributed by atoms with Crippen LogP contribution in [0.3, 0.4) is 0 Å². The molecule has 0 aliphatic rings. The Morgan fingerprint density at radius 2 is 2.05 bits per heavy atom. The molecular formula is C14H12FN3S. The molecule has 0 bridgehead atoms. The number of nitrogens with one attached hydrogen (secondary N) is 1. The van der Waals surface area contributed by atoms with E-state index in [1.165, 1.54) is 6.07 Å². The highest BCUT2D eigenvalue weighted by atomic mass is 32.1. The van der Waals surface area contributed by atoms with Crippen molar-refractivity contribution in [3.05, 3.63) is 52.9 Å². The second-order valence-corrected chi connectivity index (χ2v) is 5.04. The van der Waals surface area contributed by atoms with Gasteiger partial charge in [-0.05, 0) is 23.1 Å². The number of halogens is 1. The molecule has 96 valence electrons. The first-order chi connectivity index (χ1) is 9.28. The van der Waals surface area contributed by atoms with Crippen LogP contribution < -0.4 is 5.32 Å². The molecule has 0 radical (unpaired) electrons. The summed E-state index contributed by atoms with van der Waals surface area (Å²) in [5.41, 5.74) is 0.612. The Labute approximate surface area is 114 Å². The predicted octanol–water partition coefficient (Wildman–Crippen LogP) is 3.46. The lowest BCUT2D eigenvalue weighted by atomic mass is 10.1. The first-order valence-electron chi connectivity index (χ1n) is 5.93. The molecule has 0 saturated carbocycles. The predicted molar refractivity (Wildman–Crippen MR) is 76.2 cm³/mol. The van der Waals surface area contributed by atoms with Crippen LogP contribution in [0.15, 0.2) is 35.7 Å². The minimum Gasteiger partial charge on any atom is -0.372 e. The summed E-state index contributed by atoms with van der Waals surface area (Å²) in [7, 11) is 1.83. The zero-order valence-electron chi connectivity index (χ0n) is 10.4. The third kappa shape index (κ3) is 2.29. The molecular weight excluding hydrogens is 261 g/mol. The van der Waals surface area contributed by atoms with Gasteiger partial charge in [-0.15, -0.1) is 11.3 Å². The van der Waals surface area contributed by atoms with E-state index in [0.29, 0.717) is 17.8 Å². The van der Waals surface area contributed by atoms with Gasteiger partial charge in [0.1, 0.15) is 22.3 Å². The maximum absolute atomic E-state index is 13.6. The van der Waals surface area contributed by atoms with Crippen LogP contribution in [-0.2, 0) is 6.42 Å². The average molecular weight is 273 g/mol. The van der Waals surface area contributed by atoms with Gasteiger partial charge >= 0.3 is 0 Å². The molecule has 2 heterocycles. The van der Waals surface area contributed by atoms with Gasteiger partial charge in [0.25, 0.3) is 0 Å². The molecule has 2 aromatic heterocycles. The highest BCUT2D eigenvalue weighted by Crippen LogP contribution is 2.25. The molecule has 0 atom stereocenters. The number of fused-ring (bicyclic) bond motifs is 1. The fourth-order valence-electron chi connectivity index (χ4n) is 1.98. The van der Waals surface area contributed by atoms with Crippen LogP contribution in [0, 0.1) is 5.82 Å². The highest BCUT2D eigenvalue weighted by molar-refractivity contribution is 7.16. The summed E-state index contributed by atoms with van der Waals surface area (Å²) in [4.78, 5) is 9.85. The normalized spacial score (nSPS) is 10.8. The largest absolute Gasteiger partial charge is 0.372 e. The minimum absolute atomic E-state index is 0.219. The van der Waals surface area contributed by atoms with Crippen molar-refractivity contribution in [2.75, 3.05) is 12.4 Å². The molecule has 0 unspecified atom stereocenters. The van der Waals surface area contributed by atoms with Crippen molar-refractivity contribution in [2.24, 2.45) is 0 Å². The second-order valence-electron chi connectivity index (χ2n) is 4.15. The standard InChI is InChI=1S/C14H12FN3S/c1-16-13-10-6-7-19-14(10)18-12(17-13)8-9-4-2-3-5-11(9)15/h2-7H,8H2,1H3,(H,16,17,18). The number of nitrogens with zero attached hydrogens (tertiary/aromatic N) is 2. The molecule has 0 fully saturated rings. The lowest BCUT2D eigenvalue weighted by molar-refractivity contribution is 0.612. The van der Waals surface area contributed by atoms with Crippen LogP contribution in [0.4, 0.5) is 10.2 Å². The van der Waals surface area contributed by atoms with Crippen molar-refractivity contribution >= 4 is 27.4 Å². The molecule has 3 aromatic rings. The minimum atomic E-state index is -0.219. The molecule has 19 heavy (non-hydrogen) atoms. The SMILES string of the molecule is CNc1nc(Cc2ccccc2F)nc2sccc12. The average Bonchev–Trinajstić information content (AvgIpc) is 2.89. The van der Waals surface area contributed by atoms with Gasteiger partial charge in [-0.3, -0.25) is 0 Å². The van der Waals surface area contributed by atoms with E-state index in [9.17, 15) is 4.39 Å². The molecule has 0 amide bonds. The summed E-state index contributed by atoms with van der Waals surface area (Å²) >= 11 is 1.56. The number of hydrogen-bond donors (Lipinski definition) is 1. The van der Waals surface area contributed by atoms with Crippen LogP contribution >= 0.6 is 11.3 Å². The van der Waals surface area contributed by atoms with Gasteiger partial charge in [0.2, 0.25) is 0 Å². The van der Waals surface area contributed by atoms with Gasteiger partial charge in [0.15, 0.2) is 0 Å². The molecule has 3 nitrogen and oxygen atoms in total. The first kappa shape index (κ1) is 12.0. The van der Waals surface area contributed by atoms with Gasteiger partial charge in [0, 0.05) is 13.5 Å². The smallest absolute Gasteiger partial charge is 0.138 e. The van der Waals surface area contributed by atoms with Gasteiger partial charge < -0.3 is 5.32 Å². The van der Waals surface area contributed by atoms with E-state index in [1.54, 1.807) is 23.5 Å². The summed E-state index contributed by atoms with van der Waals surface area (Å²) in [6.45, 7) is 0. The quantitative estimate of drug-likeness (QED) is 0.794. The monoisotopic (exact) mass is 273 g/mol. The van der Waals surface area contributed by atoms with Crippen molar-refractivity contribution in [1.82, 2.24) is 9.97 Å². The molecule has 1 N–H and O–H groups in total. The van der Waals surface area contributed by atoms with Crippen LogP contribution in [0.2, 0.25) is 0 Å². The second kappa shape index (κ2) is 4.93. The fraction of sp³-hybridized carbons (Fsp3) is 0.143. The summed E-state index contributed by atoms with van der Waals surface area (Å²) in [6.07, 6.45) is 0.398. The third-order valence-corrected chi connectivity index (χ3v) is 3.72. The third-order valence-electron chi connectivity index (χ3n) is 2.91. The molecule has 3 rings (SSSR count). The Kier molecular flexibility index (Phi) is 3.13. The van der Waals surface area contributed by atoms with E-state index in [2.05, 4.69) is 15.3 Å². The molecule has 0 aliphatic heterocycles. The Bertz CT molecular complexity index is 724. The lowest BCUT2D eigenvalue weighted by Crippen LogP contribution is -2.02. The van der Waals surface area contributed by atoms with Crippen molar-refractivity contribution in [3.8, 4) is 0 Å². The molecule has 5 heteroatoms. The van der Waals surface area contributed by atoms with Crippen LogP contribution in [0.5, 0.6) is 0 Å². The van der Waals surface area contributed by atoms with E-state index in [4.69, 9.17) is 0 Å². The number of thiophene rings is 1. The lowest BCUT2D eigenvalue weighted by Gasteiger charge is -2.06. The van der Waals surface area contributed by atoms with Crippen LogP contribution in [0.1, 0.15) is 11.4 Å². The summed E-state index contributed by atoms with van der Waals surface area (Å²) in [5, 5.41) is 6.04. The number of benzene rings is 1. The molecule has 0 spiro atoms. The maximum atomic E-state index is 13.6. The van der Waals surface area contributed by atoms with Crippen molar-refractivity contribution < 1.29 is 4.39 Å². The summed E-state index contributed by atoms with van der Waals surface area (Å²) in [6, 6.07) is 8.70. The van der Waals surface area contributed by atoms with Gasteiger partial charge in [-0.25, -0.2) is 14.4 Å². The zero-order chi connectivity index (χ0) is 13.2. The fourth-order valence-corrected chi connectivity index (χ4v) is 2.76. The van der Waals surface area contributed by atoms with Crippen LogP contribution in [-0.4, -0.2) is 17.0 Å². The first-order valence-corrected chi connectivity index (χ1v) is 6.81. The van der Waals surface area contributed by atoms with Crippen molar-refractivity contribution in [3.63, 3.8) is 0 Å². The van der Waals surface area contributed by atoms with E-state index in [0.717, 1.165) is 16.0 Å². The number of anilines is 1. The van der Waals surface area contributed by atoms with E-state index in [-0.39, 0.29) is 5.82 Å². The van der Waals surface area contributed by atoms with Crippen LogP contribution in [0.25, 0.3) is 10.2 Å². The topological polar surface area (TPSA) is 37.8 Å². The molecule has 1 aromatic carbocycles. The number of aromatic nitrogens is 2. The van der Waals surface area contributed by atoms with Crippen molar-refractivity contribution in [1.29, 1.82) is 0 Å². The summed E-state index contributed by atoms with van der Waals surface area (Å²) in [5.74, 6) is 1.20. The van der Waals surface area contributed by atoms with Gasteiger partial charge in [-0.1, -0.05) is 18.2 Å². The highest BCUT2D eigenvalue weighted by Gasteiger charge is 2.10. The molecule has 0 aliphatic carbocycles. The van der Waals surface area contributed by atoms with E-state index in [1.807, 2.05) is 24.6 Å². The summed E-state index contributed by atoms with van der Waals surface area (Å²) < 4.78 is 13.6. The van der Waals surface area contributed by atoms with E-state index < -0.39 is 0 Å². The van der Waals surface area contributed by atoms with E-state index >= 15 is 0 Å².